The van der Waals surface area contributed by atoms with Crippen molar-refractivity contribution in [3.63, 3.8) is 0 Å². The van der Waals surface area contributed by atoms with Crippen molar-refractivity contribution in [3.8, 4) is 0 Å². The van der Waals surface area contributed by atoms with Gasteiger partial charge in [-0.1, -0.05) is 56.2 Å². The smallest absolute Gasteiger partial charge is 0.195 e. The fourth-order valence-corrected chi connectivity index (χ4v) is 0.993. The Hall–Kier alpha value is -1.44. The van der Waals surface area contributed by atoms with Gasteiger partial charge in [0, 0.05) is 6.42 Å². The standard InChI is InChI=1S/C7H12O2.C6H6/c1-2-3-4-5-7(9)6-8;1-2-4-6-5-3-1/h6H,2-5H2,1H3;1-6H. The van der Waals surface area contributed by atoms with E-state index in [1.165, 1.54) is 0 Å². The lowest BCUT2D eigenvalue weighted by Gasteiger charge is -1.90. The van der Waals surface area contributed by atoms with E-state index in [2.05, 4.69) is 6.92 Å². The summed E-state index contributed by atoms with van der Waals surface area (Å²) in [4.78, 5) is 20.1. The average Bonchev–Trinajstić information content (AvgIpc) is 2.32. The number of ketones is 1. The van der Waals surface area contributed by atoms with E-state index >= 15 is 0 Å². The summed E-state index contributed by atoms with van der Waals surface area (Å²) in [5, 5.41) is 0. The van der Waals surface area contributed by atoms with Crippen LogP contribution in [-0.4, -0.2) is 12.1 Å². The van der Waals surface area contributed by atoms with Crippen molar-refractivity contribution in [2.24, 2.45) is 0 Å². The number of hydrogen-bond donors (Lipinski definition) is 0. The predicted molar refractivity (Wildman–Crippen MR) is 61.7 cm³/mol. The van der Waals surface area contributed by atoms with Gasteiger partial charge < -0.3 is 0 Å². The average molecular weight is 206 g/mol. The van der Waals surface area contributed by atoms with Crippen LogP contribution in [0.2, 0.25) is 0 Å². The van der Waals surface area contributed by atoms with Crippen molar-refractivity contribution < 1.29 is 9.59 Å². The first-order valence-corrected chi connectivity index (χ1v) is 5.29. The SMILES string of the molecule is CCCCCC(=O)C=O.c1ccccc1. The van der Waals surface area contributed by atoms with Gasteiger partial charge in [0.05, 0.1) is 0 Å². The highest BCUT2D eigenvalue weighted by atomic mass is 16.2. The van der Waals surface area contributed by atoms with E-state index < -0.39 is 0 Å². The lowest BCUT2D eigenvalue weighted by molar-refractivity contribution is -0.129. The van der Waals surface area contributed by atoms with Crippen LogP contribution < -0.4 is 0 Å². The number of Topliss-reactive ketones (excluding diaryl/α,β-unsaturated/α-hetero) is 1. The van der Waals surface area contributed by atoms with Gasteiger partial charge in [-0.25, -0.2) is 0 Å². The number of benzene rings is 1. The minimum atomic E-state index is -0.275. The van der Waals surface area contributed by atoms with E-state index in [4.69, 9.17) is 0 Å². The van der Waals surface area contributed by atoms with Gasteiger partial charge in [-0.05, 0) is 6.42 Å². The summed E-state index contributed by atoms with van der Waals surface area (Å²) >= 11 is 0. The fraction of sp³-hybridized carbons (Fsp3) is 0.385. The van der Waals surface area contributed by atoms with Gasteiger partial charge in [-0.15, -0.1) is 0 Å². The highest BCUT2D eigenvalue weighted by molar-refractivity contribution is 6.24. The lowest BCUT2D eigenvalue weighted by atomic mass is 10.1. The predicted octanol–water partition coefficient (Wildman–Crippen LogP) is 3.02. The molecule has 0 aromatic heterocycles. The number of carbonyl (C=O) groups excluding carboxylic acids is 2. The highest BCUT2D eigenvalue weighted by Gasteiger charge is 1.95. The fourth-order valence-electron chi connectivity index (χ4n) is 0.993. The minimum absolute atomic E-state index is 0.275. The van der Waals surface area contributed by atoms with Gasteiger partial charge in [0.15, 0.2) is 12.1 Å². The minimum Gasteiger partial charge on any atom is -0.295 e. The monoisotopic (exact) mass is 206 g/mol. The topological polar surface area (TPSA) is 34.1 Å². The molecule has 82 valence electrons. The van der Waals surface area contributed by atoms with Crippen molar-refractivity contribution in [1.82, 2.24) is 0 Å². The van der Waals surface area contributed by atoms with E-state index in [9.17, 15) is 9.59 Å². The Morgan fingerprint density at radius 1 is 1.00 bits per heavy atom. The van der Waals surface area contributed by atoms with Gasteiger partial charge in [-0.2, -0.15) is 0 Å². The zero-order valence-electron chi connectivity index (χ0n) is 9.19. The summed E-state index contributed by atoms with van der Waals surface area (Å²) < 4.78 is 0. The second-order valence-electron chi connectivity index (χ2n) is 3.20. The molecule has 2 heteroatoms. The first kappa shape index (κ1) is 13.6. The van der Waals surface area contributed by atoms with Crippen LogP contribution in [0.3, 0.4) is 0 Å². The third kappa shape index (κ3) is 10.5. The lowest BCUT2D eigenvalue weighted by Crippen LogP contribution is -1.97. The molecule has 15 heavy (non-hydrogen) atoms. The summed E-state index contributed by atoms with van der Waals surface area (Å²) in [6, 6.07) is 12.0. The Morgan fingerprint density at radius 2 is 1.47 bits per heavy atom. The second-order valence-corrected chi connectivity index (χ2v) is 3.20. The number of rotatable bonds is 5. The Balaban J connectivity index is 0.000000280. The van der Waals surface area contributed by atoms with E-state index in [0.29, 0.717) is 12.7 Å². The maximum Gasteiger partial charge on any atom is 0.195 e. The maximum absolute atomic E-state index is 10.3. The second kappa shape index (κ2) is 10.6. The van der Waals surface area contributed by atoms with Gasteiger partial charge in [0.2, 0.25) is 0 Å². The normalized spacial score (nSPS) is 8.60. The van der Waals surface area contributed by atoms with Crippen molar-refractivity contribution in [2.75, 3.05) is 0 Å². The highest BCUT2D eigenvalue weighted by Crippen LogP contribution is 1.97. The molecule has 1 aromatic rings. The van der Waals surface area contributed by atoms with E-state index in [1.54, 1.807) is 0 Å². The third-order valence-corrected chi connectivity index (χ3v) is 1.82. The zero-order chi connectivity index (χ0) is 11.4. The van der Waals surface area contributed by atoms with Gasteiger partial charge in [0.1, 0.15) is 0 Å². The number of hydrogen-bond acceptors (Lipinski definition) is 2. The van der Waals surface area contributed by atoms with Crippen LogP contribution in [0.5, 0.6) is 0 Å². The third-order valence-electron chi connectivity index (χ3n) is 1.82. The Kier molecular flexibility index (Phi) is 9.62. The Labute approximate surface area is 91.3 Å². The molecule has 0 saturated carbocycles. The summed E-state index contributed by atoms with van der Waals surface area (Å²) in [7, 11) is 0. The molecule has 0 heterocycles. The summed E-state index contributed by atoms with van der Waals surface area (Å²) in [6.45, 7) is 2.06. The quantitative estimate of drug-likeness (QED) is 0.421. The van der Waals surface area contributed by atoms with Crippen LogP contribution in [0, 0.1) is 0 Å². The largest absolute Gasteiger partial charge is 0.295 e. The number of carbonyl (C=O) groups is 2. The van der Waals surface area contributed by atoms with Gasteiger partial charge >= 0.3 is 0 Å². The molecule has 0 spiro atoms. The summed E-state index contributed by atoms with van der Waals surface area (Å²) in [6.07, 6.45) is 3.81. The van der Waals surface area contributed by atoms with Crippen LogP contribution in [0.25, 0.3) is 0 Å². The van der Waals surface area contributed by atoms with E-state index in [-0.39, 0.29) is 5.78 Å². The zero-order valence-corrected chi connectivity index (χ0v) is 9.19. The molecule has 1 rings (SSSR count). The molecule has 0 aliphatic carbocycles. The molecular formula is C13H18O2. The van der Waals surface area contributed by atoms with Crippen molar-refractivity contribution >= 4 is 12.1 Å². The summed E-state index contributed by atoms with van der Waals surface area (Å²) in [5.74, 6) is -0.275. The molecule has 0 unspecified atom stereocenters. The maximum atomic E-state index is 10.3. The van der Waals surface area contributed by atoms with E-state index in [1.807, 2.05) is 36.4 Å². The molecule has 0 aliphatic heterocycles. The summed E-state index contributed by atoms with van der Waals surface area (Å²) in [5.41, 5.74) is 0. The first-order chi connectivity index (χ1) is 7.31. The Morgan fingerprint density at radius 3 is 1.80 bits per heavy atom. The van der Waals surface area contributed by atoms with Crippen molar-refractivity contribution in [1.29, 1.82) is 0 Å². The Bertz CT molecular complexity index is 228. The van der Waals surface area contributed by atoms with E-state index in [0.717, 1.165) is 19.3 Å². The van der Waals surface area contributed by atoms with Gasteiger partial charge in [-0.3, -0.25) is 9.59 Å². The van der Waals surface area contributed by atoms with Crippen LogP contribution in [-0.2, 0) is 9.59 Å². The van der Waals surface area contributed by atoms with Crippen molar-refractivity contribution in [3.05, 3.63) is 36.4 Å². The van der Waals surface area contributed by atoms with Crippen LogP contribution in [0.1, 0.15) is 32.6 Å². The first-order valence-electron chi connectivity index (χ1n) is 5.29. The molecule has 0 radical (unpaired) electrons. The molecule has 0 aliphatic rings. The van der Waals surface area contributed by atoms with Gasteiger partial charge in [0.25, 0.3) is 0 Å². The van der Waals surface area contributed by atoms with Crippen LogP contribution in [0.15, 0.2) is 36.4 Å². The molecule has 1 aromatic carbocycles. The molecule has 0 N–H and O–H groups in total. The van der Waals surface area contributed by atoms with Crippen molar-refractivity contribution in [2.45, 2.75) is 32.6 Å². The molecule has 0 amide bonds. The molecular weight excluding hydrogens is 188 g/mol. The number of unbranched alkanes of at least 4 members (excludes halogenated alkanes) is 2. The molecule has 0 bridgehead atoms. The molecule has 2 nitrogen and oxygen atoms in total. The van der Waals surface area contributed by atoms with Crippen LogP contribution >= 0.6 is 0 Å². The van der Waals surface area contributed by atoms with Crippen LogP contribution in [0.4, 0.5) is 0 Å². The number of aldehydes is 1. The molecule has 0 atom stereocenters. The molecule has 0 saturated heterocycles. The molecule has 0 fully saturated rings.